The molecule has 1 aliphatic heterocycles. The normalized spacial score (nSPS) is 21.3. The fourth-order valence-corrected chi connectivity index (χ4v) is 4.37. The van der Waals surface area contributed by atoms with Crippen molar-refractivity contribution in [1.82, 2.24) is 14.8 Å². The average molecular weight is 350 g/mol. The summed E-state index contributed by atoms with van der Waals surface area (Å²) >= 11 is 1.37. The van der Waals surface area contributed by atoms with Crippen LogP contribution in [0.5, 0.6) is 0 Å². The van der Waals surface area contributed by atoms with Crippen LogP contribution in [-0.4, -0.2) is 53.5 Å². The van der Waals surface area contributed by atoms with Gasteiger partial charge in [0, 0.05) is 20.0 Å². The number of carbonyl (C=O) groups is 2. The van der Waals surface area contributed by atoms with Gasteiger partial charge in [0.05, 0.1) is 23.9 Å². The lowest BCUT2D eigenvalue weighted by atomic mass is 9.78. The number of rotatable bonds is 4. The van der Waals surface area contributed by atoms with Crippen LogP contribution in [-0.2, 0) is 6.42 Å². The highest BCUT2D eigenvalue weighted by molar-refractivity contribution is 7.17. The van der Waals surface area contributed by atoms with Crippen LogP contribution in [0.3, 0.4) is 0 Å². The molecule has 0 bridgehead atoms. The van der Waals surface area contributed by atoms with Crippen molar-refractivity contribution in [2.24, 2.45) is 5.41 Å². The number of unbranched alkanes of at least 4 members (excludes halogenated alkanes) is 1. The topological polar surface area (TPSA) is 56.8 Å². The smallest absolute Gasteiger partial charge is 0.314 e. The maximum Gasteiger partial charge on any atom is 0.328 e. The number of thiazole rings is 1. The lowest BCUT2D eigenvalue weighted by molar-refractivity contribution is 0.0916. The fraction of sp³-hybridized carbons (Fsp3) is 0.706. The molecule has 1 saturated heterocycles. The highest BCUT2D eigenvalue weighted by Gasteiger charge is 2.37. The highest BCUT2D eigenvalue weighted by atomic mass is 32.1. The Morgan fingerprint density at radius 3 is 2.67 bits per heavy atom. The number of ketones is 1. The second-order valence-corrected chi connectivity index (χ2v) is 8.63. The lowest BCUT2D eigenvalue weighted by Crippen LogP contribution is -2.57. The van der Waals surface area contributed by atoms with E-state index in [-0.39, 0.29) is 17.2 Å². The molecule has 1 aromatic rings. The predicted octanol–water partition coefficient (Wildman–Crippen LogP) is 3.19. The maximum atomic E-state index is 12.6. The Morgan fingerprint density at radius 2 is 1.96 bits per heavy atom. The summed E-state index contributed by atoms with van der Waals surface area (Å²) < 4.78 is 0. The molecule has 0 radical (unpaired) electrons. The summed E-state index contributed by atoms with van der Waals surface area (Å²) in [6.45, 7) is 8.51. The first-order valence-electron chi connectivity index (χ1n) is 8.58. The molecule has 132 valence electrons. The molecule has 1 aromatic heterocycles. The largest absolute Gasteiger partial charge is 0.328 e. The van der Waals surface area contributed by atoms with Gasteiger partial charge in [-0.1, -0.05) is 38.5 Å². The Kier molecular flexibility index (Phi) is 4.66. The van der Waals surface area contributed by atoms with Crippen molar-refractivity contribution in [2.75, 3.05) is 31.8 Å². The van der Waals surface area contributed by atoms with E-state index in [4.69, 9.17) is 0 Å². The van der Waals surface area contributed by atoms with Gasteiger partial charge in [-0.05, 0) is 18.3 Å². The van der Waals surface area contributed by atoms with Gasteiger partial charge in [-0.25, -0.2) is 9.78 Å². The van der Waals surface area contributed by atoms with E-state index in [2.05, 4.69) is 30.7 Å². The standard InChI is InChI=1S/C17H26N4O2S/c1-5-6-7-20-10-19(4)16(23)21(11-20)15-18-12-8-17(2,3)9-13(22)14(12)24-15/h5-11H2,1-4H3. The summed E-state index contributed by atoms with van der Waals surface area (Å²) in [5, 5.41) is 0.657. The quantitative estimate of drug-likeness (QED) is 0.837. The van der Waals surface area contributed by atoms with Gasteiger partial charge in [0.2, 0.25) is 0 Å². The van der Waals surface area contributed by atoms with E-state index in [0.29, 0.717) is 24.9 Å². The minimum atomic E-state index is -0.0503. The molecule has 6 nitrogen and oxygen atoms in total. The number of amides is 2. The van der Waals surface area contributed by atoms with Crippen LogP contribution in [0, 0.1) is 5.41 Å². The zero-order valence-corrected chi connectivity index (χ0v) is 15.8. The fourth-order valence-electron chi connectivity index (χ4n) is 3.36. The summed E-state index contributed by atoms with van der Waals surface area (Å²) in [7, 11) is 1.81. The molecule has 24 heavy (non-hydrogen) atoms. The van der Waals surface area contributed by atoms with Crippen molar-refractivity contribution in [1.29, 1.82) is 0 Å². The number of anilines is 1. The van der Waals surface area contributed by atoms with Crippen LogP contribution >= 0.6 is 11.3 Å². The lowest BCUT2D eigenvalue weighted by Gasteiger charge is -2.39. The second kappa shape index (κ2) is 6.44. The van der Waals surface area contributed by atoms with E-state index in [1.807, 2.05) is 7.05 Å². The van der Waals surface area contributed by atoms with Crippen molar-refractivity contribution in [2.45, 2.75) is 46.5 Å². The average Bonchev–Trinajstić information content (AvgIpc) is 2.90. The zero-order valence-electron chi connectivity index (χ0n) is 15.0. The molecule has 0 aromatic carbocycles. The first kappa shape index (κ1) is 17.4. The van der Waals surface area contributed by atoms with Gasteiger partial charge in [-0.3, -0.25) is 14.6 Å². The predicted molar refractivity (Wildman–Crippen MR) is 95.5 cm³/mol. The Balaban J connectivity index is 1.85. The molecule has 2 amide bonds. The van der Waals surface area contributed by atoms with Gasteiger partial charge in [0.15, 0.2) is 10.9 Å². The van der Waals surface area contributed by atoms with Crippen LogP contribution in [0.2, 0.25) is 0 Å². The molecule has 0 saturated carbocycles. The van der Waals surface area contributed by atoms with E-state index in [1.54, 1.807) is 9.80 Å². The maximum absolute atomic E-state index is 12.6. The monoisotopic (exact) mass is 350 g/mol. The third kappa shape index (κ3) is 3.32. The second-order valence-electron chi connectivity index (χ2n) is 7.65. The Labute approximate surface area is 147 Å². The summed E-state index contributed by atoms with van der Waals surface area (Å²) in [5.74, 6) is 0.158. The van der Waals surface area contributed by atoms with E-state index in [0.717, 1.165) is 36.4 Å². The molecule has 0 atom stereocenters. The first-order chi connectivity index (χ1) is 11.3. The molecule has 1 fully saturated rings. The summed E-state index contributed by atoms with van der Waals surface area (Å²) in [5.41, 5.74) is 0.808. The van der Waals surface area contributed by atoms with E-state index < -0.39 is 0 Å². The van der Waals surface area contributed by atoms with Gasteiger partial charge in [-0.2, -0.15) is 0 Å². The Bertz CT molecular complexity index is 655. The number of aromatic nitrogens is 1. The van der Waals surface area contributed by atoms with Crippen molar-refractivity contribution < 1.29 is 9.59 Å². The van der Waals surface area contributed by atoms with Gasteiger partial charge < -0.3 is 4.90 Å². The van der Waals surface area contributed by atoms with E-state index in [1.165, 1.54) is 11.3 Å². The van der Waals surface area contributed by atoms with E-state index >= 15 is 0 Å². The summed E-state index contributed by atoms with van der Waals surface area (Å²) in [6.07, 6.45) is 3.58. The number of urea groups is 1. The molecular formula is C17H26N4O2S. The van der Waals surface area contributed by atoms with Crippen molar-refractivity contribution >= 4 is 28.3 Å². The van der Waals surface area contributed by atoms with Crippen LogP contribution in [0.1, 0.15) is 55.4 Å². The number of hydrogen-bond acceptors (Lipinski definition) is 5. The molecule has 1 aliphatic carbocycles. The molecular weight excluding hydrogens is 324 g/mol. The number of carbonyl (C=O) groups excluding carboxylic acids is 2. The number of Topliss-reactive ketones (excluding diaryl/α,β-unsaturated/α-hetero) is 1. The number of hydrogen-bond donors (Lipinski definition) is 0. The van der Waals surface area contributed by atoms with E-state index in [9.17, 15) is 9.59 Å². The summed E-state index contributed by atoms with van der Waals surface area (Å²) in [6, 6.07) is -0.0412. The Morgan fingerprint density at radius 1 is 1.21 bits per heavy atom. The molecule has 0 N–H and O–H groups in total. The van der Waals surface area contributed by atoms with Crippen molar-refractivity contribution in [3.8, 4) is 0 Å². The molecule has 0 unspecified atom stereocenters. The number of nitrogens with zero attached hydrogens (tertiary/aromatic N) is 4. The first-order valence-corrected chi connectivity index (χ1v) is 9.40. The van der Waals surface area contributed by atoms with Crippen LogP contribution in [0.25, 0.3) is 0 Å². The highest BCUT2D eigenvalue weighted by Crippen LogP contribution is 2.39. The van der Waals surface area contributed by atoms with Crippen LogP contribution in [0.15, 0.2) is 0 Å². The third-order valence-electron chi connectivity index (χ3n) is 4.59. The molecule has 0 spiro atoms. The van der Waals surface area contributed by atoms with Gasteiger partial charge >= 0.3 is 6.03 Å². The van der Waals surface area contributed by atoms with Gasteiger partial charge in [-0.15, -0.1) is 0 Å². The minimum absolute atomic E-state index is 0.0412. The SMILES string of the molecule is CCCCN1CN(C)C(=O)N(c2nc3c(s2)C(=O)CC(C)(C)C3)C1. The van der Waals surface area contributed by atoms with Gasteiger partial charge in [0.1, 0.15) is 0 Å². The van der Waals surface area contributed by atoms with Crippen molar-refractivity contribution in [3.63, 3.8) is 0 Å². The molecule has 3 rings (SSSR count). The van der Waals surface area contributed by atoms with Crippen molar-refractivity contribution in [3.05, 3.63) is 10.6 Å². The molecule has 7 heteroatoms. The van der Waals surface area contributed by atoms with Gasteiger partial charge in [0.25, 0.3) is 0 Å². The summed E-state index contributed by atoms with van der Waals surface area (Å²) in [4.78, 5) is 36.1. The minimum Gasteiger partial charge on any atom is -0.314 e. The zero-order chi connectivity index (χ0) is 17.5. The van der Waals surface area contributed by atoms with Crippen LogP contribution < -0.4 is 4.90 Å². The van der Waals surface area contributed by atoms with Crippen LogP contribution in [0.4, 0.5) is 9.93 Å². The third-order valence-corrected chi connectivity index (χ3v) is 5.76. The Hall–Kier alpha value is -1.47. The number of fused-ring (bicyclic) bond motifs is 1. The molecule has 2 aliphatic rings. The molecule has 2 heterocycles.